The number of hydrogen-bond acceptors (Lipinski definition) is 3. The van der Waals surface area contributed by atoms with Gasteiger partial charge in [0, 0.05) is 16.8 Å². The zero-order valence-corrected chi connectivity index (χ0v) is 15.5. The first kappa shape index (κ1) is 18.2. The fourth-order valence-corrected chi connectivity index (χ4v) is 2.57. The number of carbonyl (C=O) groups is 1. The highest BCUT2D eigenvalue weighted by molar-refractivity contribution is 6.54. The molecule has 0 spiro atoms. The minimum absolute atomic E-state index is 0.459. The summed E-state index contributed by atoms with van der Waals surface area (Å²) in [7, 11) is 1.64. The van der Waals surface area contributed by atoms with Crippen LogP contribution in [0.1, 0.15) is 0 Å². The molecular weight excluding hydrogens is 371 g/mol. The molecule has 0 fully saturated rings. The lowest BCUT2D eigenvalue weighted by atomic mass is 10.1. The molecule has 0 bridgehead atoms. The van der Waals surface area contributed by atoms with E-state index in [1.165, 1.54) is 0 Å². The molecule has 0 aliphatic rings. The predicted octanol–water partition coefficient (Wildman–Crippen LogP) is 5.17. The lowest BCUT2D eigenvalue weighted by molar-refractivity contribution is -0.114. The Kier molecular flexibility index (Phi) is 5.76. The van der Waals surface area contributed by atoms with Crippen LogP contribution in [0.15, 0.2) is 66.7 Å². The van der Waals surface area contributed by atoms with Gasteiger partial charge in [-0.2, -0.15) is 0 Å². The highest BCUT2D eigenvalue weighted by Gasteiger charge is 2.11. The molecule has 3 aromatic rings. The van der Waals surface area contributed by atoms with Crippen molar-refractivity contribution in [1.82, 2.24) is 4.98 Å². The van der Waals surface area contributed by atoms with Crippen LogP contribution in [0.25, 0.3) is 22.5 Å². The van der Waals surface area contributed by atoms with Gasteiger partial charge in [-0.3, -0.25) is 4.79 Å². The van der Waals surface area contributed by atoms with Crippen LogP contribution in [-0.2, 0) is 4.79 Å². The van der Waals surface area contributed by atoms with Crippen LogP contribution in [0.4, 0.5) is 5.69 Å². The fourth-order valence-electron chi connectivity index (χ4n) is 2.46. The van der Waals surface area contributed by atoms with Gasteiger partial charge in [0.2, 0.25) is 0 Å². The van der Waals surface area contributed by atoms with E-state index in [9.17, 15) is 4.79 Å². The smallest absolute Gasteiger partial charge is 0.257 e. The maximum Gasteiger partial charge on any atom is 0.257 e. The molecule has 1 heterocycles. The van der Waals surface area contributed by atoms with Gasteiger partial charge in [-0.05, 0) is 36.4 Å². The maximum absolute atomic E-state index is 11.5. The molecule has 1 amide bonds. The van der Waals surface area contributed by atoms with Gasteiger partial charge in [0.15, 0.2) is 4.84 Å². The third-order valence-electron chi connectivity index (χ3n) is 3.76. The first-order chi connectivity index (χ1) is 12.6. The Balaban J connectivity index is 1.85. The second kappa shape index (κ2) is 8.21. The van der Waals surface area contributed by atoms with E-state index >= 15 is 0 Å². The minimum atomic E-state index is -1.10. The Hall–Kier alpha value is -2.56. The van der Waals surface area contributed by atoms with Crippen molar-refractivity contribution >= 4 is 34.8 Å². The fraction of sp³-hybridized carbons (Fsp3) is 0.100. The summed E-state index contributed by atoms with van der Waals surface area (Å²) >= 11 is 11.1. The van der Waals surface area contributed by atoms with Crippen LogP contribution in [0.3, 0.4) is 0 Å². The molecule has 0 saturated heterocycles. The van der Waals surface area contributed by atoms with Crippen LogP contribution < -0.4 is 10.1 Å². The Morgan fingerprint density at radius 2 is 1.62 bits per heavy atom. The molecule has 0 aliphatic heterocycles. The number of benzene rings is 2. The molecule has 4 nitrogen and oxygen atoms in total. The third kappa shape index (κ3) is 4.34. The number of nitrogens with zero attached hydrogens (tertiary/aromatic N) is 1. The normalized spacial score (nSPS) is 10.6. The summed E-state index contributed by atoms with van der Waals surface area (Å²) < 4.78 is 5.27. The third-order valence-corrected chi connectivity index (χ3v) is 4.16. The number of alkyl halides is 2. The number of anilines is 1. The molecule has 0 unspecified atom stereocenters. The number of halogens is 2. The summed E-state index contributed by atoms with van der Waals surface area (Å²) in [5, 5.41) is 2.63. The maximum atomic E-state index is 11.5. The van der Waals surface area contributed by atoms with E-state index in [-0.39, 0.29) is 0 Å². The summed E-state index contributed by atoms with van der Waals surface area (Å²) in [4.78, 5) is 15.1. The first-order valence-electron chi connectivity index (χ1n) is 7.88. The van der Waals surface area contributed by atoms with Gasteiger partial charge in [-0.1, -0.05) is 53.5 Å². The van der Waals surface area contributed by atoms with E-state index in [0.29, 0.717) is 5.69 Å². The lowest BCUT2D eigenvalue weighted by Gasteiger charge is -2.08. The van der Waals surface area contributed by atoms with Crippen LogP contribution in [0, 0.1) is 0 Å². The van der Waals surface area contributed by atoms with Gasteiger partial charge in [-0.25, -0.2) is 4.98 Å². The zero-order valence-electron chi connectivity index (χ0n) is 13.9. The van der Waals surface area contributed by atoms with E-state index in [4.69, 9.17) is 32.9 Å². The minimum Gasteiger partial charge on any atom is -0.497 e. The molecule has 0 atom stereocenters. The van der Waals surface area contributed by atoms with Crippen molar-refractivity contribution in [2.45, 2.75) is 4.84 Å². The molecule has 1 N–H and O–H groups in total. The number of aromatic nitrogens is 1. The second-order valence-electron chi connectivity index (χ2n) is 5.51. The van der Waals surface area contributed by atoms with Crippen LogP contribution in [0.5, 0.6) is 5.75 Å². The van der Waals surface area contributed by atoms with Crippen LogP contribution in [-0.4, -0.2) is 22.8 Å². The number of carbonyl (C=O) groups excluding carboxylic acids is 1. The molecule has 26 heavy (non-hydrogen) atoms. The van der Waals surface area contributed by atoms with E-state index in [2.05, 4.69) is 5.32 Å². The monoisotopic (exact) mass is 386 g/mol. The van der Waals surface area contributed by atoms with Crippen molar-refractivity contribution in [2.75, 3.05) is 12.4 Å². The summed E-state index contributed by atoms with van der Waals surface area (Å²) in [6, 6.07) is 20.9. The molecular formula is C20H16Cl2N2O2. The Labute approximate surface area is 161 Å². The molecule has 3 rings (SSSR count). The second-order valence-corrected chi connectivity index (χ2v) is 6.60. The summed E-state index contributed by atoms with van der Waals surface area (Å²) in [6.45, 7) is 0. The SMILES string of the molecule is COc1cccc(-c2cccc(-c3ccc(NC(=O)C(Cl)Cl)cc3)n2)c1. The molecule has 6 heteroatoms. The van der Waals surface area contributed by atoms with E-state index in [0.717, 1.165) is 28.3 Å². The summed E-state index contributed by atoms with van der Waals surface area (Å²) in [5.74, 6) is 0.325. The van der Waals surface area contributed by atoms with Crippen molar-refractivity contribution < 1.29 is 9.53 Å². The van der Waals surface area contributed by atoms with Crippen molar-refractivity contribution in [3.8, 4) is 28.3 Å². The van der Waals surface area contributed by atoms with E-state index in [1.54, 1.807) is 19.2 Å². The highest BCUT2D eigenvalue weighted by Crippen LogP contribution is 2.26. The molecule has 1 aromatic heterocycles. The number of nitrogens with one attached hydrogen (secondary N) is 1. The van der Waals surface area contributed by atoms with E-state index in [1.807, 2.05) is 54.6 Å². The average molecular weight is 387 g/mol. The standard InChI is InChI=1S/C20H16Cl2N2O2/c1-26-16-5-2-4-14(12-16)18-7-3-6-17(24-18)13-8-10-15(11-9-13)23-20(25)19(21)22/h2-12,19H,1H3,(H,23,25). The topological polar surface area (TPSA) is 51.2 Å². The van der Waals surface area contributed by atoms with Crippen LogP contribution in [0.2, 0.25) is 0 Å². The Morgan fingerprint density at radius 3 is 2.27 bits per heavy atom. The summed E-state index contributed by atoms with van der Waals surface area (Å²) in [6.07, 6.45) is 0. The molecule has 0 saturated carbocycles. The van der Waals surface area contributed by atoms with Crippen LogP contribution >= 0.6 is 23.2 Å². The number of pyridine rings is 1. The number of hydrogen-bond donors (Lipinski definition) is 1. The Bertz CT molecular complexity index is 912. The van der Waals surface area contributed by atoms with Gasteiger partial charge < -0.3 is 10.1 Å². The Morgan fingerprint density at radius 1 is 0.962 bits per heavy atom. The molecule has 132 valence electrons. The van der Waals surface area contributed by atoms with Gasteiger partial charge in [0.25, 0.3) is 5.91 Å². The van der Waals surface area contributed by atoms with Crippen molar-refractivity contribution in [3.63, 3.8) is 0 Å². The van der Waals surface area contributed by atoms with Gasteiger partial charge in [0.05, 0.1) is 18.5 Å². The first-order valence-corrected chi connectivity index (χ1v) is 8.75. The number of ether oxygens (including phenoxy) is 1. The molecule has 0 radical (unpaired) electrons. The van der Waals surface area contributed by atoms with Crippen molar-refractivity contribution in [2.24, 2.45) is 0 Å². The largest absolute Gasteiger partial charge is 0.497 e. The van der Waals surface area contributed by atoms with Gasteiger partial charge in [0.1, 0.15) is 5.75 Å². The van der Waals surface area contributed by atoms with Crippen molar-refractivity contribution in [1.29, 1.82) is 0 Å². The van der Waals surface area contributed by atoms with Crippen molar-refractivity contribution in [3.05, 3.63) is 66.7 Å². The average Bonchev–Trinajstić information content (AvgIpc) is 2.68. The van der Waals surface area contributed by atoms with Gasteiger partial charge in [-0.15, -0.1) is 0 Å². The predicted molar refractivity (Wildman–Crippen MR) is 106 cm³/mol. The lowest BCUT2D eigenvalue weighted by Crippen LogP contribution is -2.18. The quantitative estimate of drug-likeness (QED) is 0.615. The molecule has 0 aliphatic carbocycles. The highest BCUT2D eigenvalue weighted by atomic mass is 35.5. The van der Waals surface area contributed by atoms with E-state index < -0.39 is 10.7 Å². The zero-order chi connectivity index (χ0) is 18.5. The number of rotatable bonds is 5. The number of methoxy groups -OCH3 is 1. The summed E-state index contributed by atoms with van der Waals surface area (Å²) in [5.41, 5.74) is 4.21. The molecule has 2 aromatic carbocycles. The number of amides is 1. The van der Waals surface area contributed by atoms with Gasteiger partial charge >= 0.3 is 0 Å².